The maximum absolute atomic E-state index is 5.96. The first-order valence-electron chi connectivity index (χ1n) is 8.69. The van der Waals surface area contributed by atoms with Gasteiger partial charge in [-0.15, -0.1) is 16.7 Å². The molecule has 0 atom stereocenters. The minimum atomic E-state index is 0.256. The molecule has 0 aliphatic heterocycles. The summed E-state index contributed by atoms with van der Waals surface area (Å²) in [4.78, 5) is 9.39. The standard InChI is InChI=1S/C20H20ClN5O/c1-12-5-4-6-16-18(12)24-20(26-19(16)23-17(10-21)25-26)22-11-14-7-8-15(27-3)9-13(14)2/h4-9H,10-11H2,1-3H3,(H,22,24). The number of rotatable bonds is 5. The van der Waals surface area contributed by atoms with E-state index in [0.29, 0.717) is 18.3 Å². The number of hydrogen-bond donors (Lipinski definition) is 1. The van der Waals surface area contributed by atoms with Crippen LogP contribution in [0.5, 0.6) is 5.75 Å². The van der Waals surface area contributed by atoms with Gasteiger partial charge >= 0.3 is 0 Å². The van der Waals surface area contributed by atoms with Gasteiger partial charge in [0.25, 0.3) is 0 Å². The highest BCUT2D eigenvalue weighted by molar-refractivity contribution is 6.16. The van der Waals surface area contributed by atoms with E-state index in [1.165, 1.54) is 0 Å². The fourth-order valence-electron chi connectivity index (χ4n) is 3.16. The zero-order chi connectivity index (χ0) is 19.0. The first kappa shape index (κ1) is 17.5. The minimum Gasteiger partial charge on any atom is -0.497 e. The van der Waals surface area contributed by atoms with E-state index in [9.17, 15) is 0 Å². The van der Waals surface area contributed by atoms with Crippen LogP contribution < -0.4 is 10.1 Å². The Morgan fingerprint density at radius 3 is 2.70 bits per heavy atom. The lowest BCUT2D eigenvalue weighted by Gasteiger charge is -2.12. The zero-order valence-corrected chi connectivity index (χ0v) is 16.2. The van der Waals surface area contributed by atoms with Crippen LogP contribution in [-0.2, 0) is 12.4 Å². The Labute approximate surface area is 162 Å². The van der Waals surface area contributed by atoms with Crippen molar-refractivity contribution in [3.63, 3.8) is 0 Å². The van der Waals surface area contributed by atoms with E-state index in [0.717, 1.165) is 39.0 Å². The highest BCUT2D eigenvalue weighted by atomic mass is 35.5. The van der Waals surface area contributed by atoms with Crippen LogP contribution in [0.4, 0.5) is 5.95 Å². The highest BCUT2D eigenvalue weighted by Gasteiger charge is 2.14. The normalized spacial score (nSPS) is 11.3. The Morgan fingerprint density at radius 2 is 1.96 bits per heavy atom. The van der Waals surface area contributed by atoms with Gasteiger partial charge in [0, 0.05) is 11.9 Å². The zero-order valence-electron chi connectivity index (χ0n) is 15.5. The highest BCUT2D eigenvalue weighted by Crippen LogP contribution is 2.24. The van der Waals surface area contributed by atoms with Crippen LogP contribution in [0.3, 0.4) is 0 Å². The summed E-state index contributed by atoms with van der Waals surface area (Å²) in [5.41, 5.74) is 5.07. The van der Waals surface area contributed by atoms with Gasteiger partial charge in [-0.2, -0.15) is 4.52 Å². The fourth-order valence-corrected chi connectivity index (χ4v) is 3.27. The number of ether oxygens (including phenoxy) is 1. The van der Waals surface area contributed by atoms with Crippen molar-refractivity contribution in [2.75, 3.05) is 12.4 Å². The van der Waals surface area contributed by atoms with Crippen LogP contribution in [0.2, 0.25) is 0 Å². The smallest absolute Gasteiger partial charge is 0.226 e. The van der Waals surface area contributed by atoms with Crippen molar-refractivity contribution in [1.82, 2.24) is 19.6 Å². The maximum Gasteiger partial charge on any atom is 0.226 e. The first-order chi connectivity index (χ1) is 13.1. The number of benzene rings is 2. The summed E-state index contributed by atoms with van der Waals surface area (Å²) < 4.78 is 7.01. The summed E-state index contributed by atoms with van der Waals surface area (Å²) in [5, 5.41) is 8.87. The average Bonchev–Trinajstić information content (AvgIpc) is 3.12. The molecule has 0 spiro atoms. The molecule has 0 amide bonds. The number of anilines is 1. The second-order valence-corrected chi connectivity index (χ2v) is 6.72. The number of methoxy groups -OCH3 is 1. The molecule has 6 nitrogen and oxygen atoms in total. The second-order valence-electron chi connectivity index (χ2n) is 6.45. The maximum atomic E-state index is 5.96. The van der Waals surface area contributed by atoms with E-state index >= 15 is 0 Å². The van der Waals surface area contributed by atoms with Crippen molar-refractivity contribution in [1.29, 1.82) is 0 Å². The summed E-state index contributed by atoms with van der Waals surface area (Å²) in [6.45, 7) is 4.72. The van der Waals surface area contributed by atoms with Gasteiger partial charge in [-0.3, -0.25) is 0 Å². The Hall–Kier alpha value is -2.86. The third kappa shape index (κ3) is 3.17. The first-order valence-corrected chi connectivity index (χ1v) is 9.22. The number of aromatic nitrogens is 4. The molecule has 2 aromatic heterocycles. The van der Waals surface area contributed by atoms with E-state index in [2.05, 4.69) is 28.4 Å². The molecule has 0 radical (unpaired) electrons. The van der Waals surface area contributed by atoms with Gasteiger partial charge in [0.1, 0.15) is 5.75 Å². The van der Waals surface area contributed by atoms with E-state index in [1.54, 1.807) is 11.6 Å². The predicted octanol–water partition coefficient (Wildman–Crippen LogP) is 4.25. The predicted molar refractivity (Wildman–Crippen MR) is 108 cm³/mol. The number of fused-ring (bicyclic) bond motifs is 3. The van der Waals surface area contributed by atoms with Crippen LogP contribution in [0, 0.1) is 13.8 Å². The third-order valence-corrected chi connectivity index (χ3v) is 4.89. The number of hydrogen-bond acceptors (Lipinski definition) is 5. The summed E-state index contributed by atoms with van der Waals surface area (Å²) in [6, 6.07) is 12.1. The molecule has 4 rings (SSSR count). The molecule has 0 aliphatic carbocycles. The van der Waals surface area contributed by atoms with Crippen molar-refractivity contribution in [2.24, 2.45) is 0 Å². The van der Waals surface area contributed by atoms with E-state index in [4.69, 9.17) is 21.3 Å². The van der Waals surface area contributed by atoms with Gasteiger partial charge in [-0.05, 0) is 48.7 Å². The summed E-state index contributed by atoms with van der Waals surface area (Å²) in [7, 11) is 1.67. The van der Waals surface area contributed by atoms with E-state index < -0.39 is 0 Å². The molecule has 4 aromatic rings. The average molecular weight is 382 g/mol. The topological polar surface area (TPSA) is 64.3 Å². The summed E-state index contributed by atoms with van der Waals surface area (Å²) >= 11 is 5.96. The van der Waals surface area contributed by atoms with Crippen molar-refractivity contribution in [3.8, 4) is 5.75 Å². The second kappa shape index (κ2) is 7.04. The lowest BCUT2D eigenvalue weighted by molar-refractivity contribution is 0.414. The Bertz CT molecular complexity index is 1140. The number of nitrogens with zero attached hydrogens (tertiary/aromatic N) is 4. The van der Waals surface area contributed by atoms with Gasteiger partial charge in [-0.25, -0.2) is 9.97 Å². The molecule has 0 aliphatic rings. The minimum absolute atomic E-state index is 0.256. The quantitative estimate of drug-likeness (QED) is 0.523. The number of halogens is 1. The summed E-state index contributed by atoms with van der Waals surface area (Å²) in [6.07, 6.45) is 0. The number of aryl methyl sites for hydroxylation is 2. The van der Waals surface area contributed by atoms with Crippen LogP contribution >= 0.6 is 11.6 Å². The van der Waals surface area contributed by atoms with E-state index in [1.807, 2.05) is 37.3 Å². The molecule has 0 unspecified atom stereocenters. The fraction of sp³-hybridized carbons (Fsp3) is 0.250. The largest absolute Gasteiger partial charge is 0.497 e. The molecule has 1 N–H and O–H groups in total. The SMILES string of the molecule is COc1ccc(CNc2nc3c(C)cccc3c3nc(CCl)nn23)c(C)c1. The van der Waals surface area contributed by atoms with Crippen molar-refractivity contribution in [3.05, 3.63) is 58.9 Å². The molecule has 0 bridgehead atoms. The van der Waals surface area contributed by atoms with Gasteiger partial charge < -0.3 is 10.1 Å². The van der Waals surface area contributed by atoms with Crippen molar-refractivity contribution < 1.29 is 4.74 Å². The van der Waals surface area contributed by atoms with Crippen LogP contribution in [0.1, 0.15) is 22.5 Å². The van der Waals surface area contributed by atoms with Gasteiger partial charge in [0.15, 0.2) is 11.5 Å². The molecule has 0 saturated carbocycles. The Morgan fingerprint density at radius 1 is 1.11 bits per heavy atom. The van der Waals surface area contributed by atoms with Crippen molar-refractivity contribution in [2.45, 2.75) is 26.3 Å². The van der Waals surface area contributed by atoms with Gasteiger partial charge in [0.05, 0.1) is 18.5 Å². The molecule has 0 saturated heterocycles. The molecule has 2 heterocycles. The third-order valence-electron chi connectivity index (χ3n) is 4.65. The molecular formula is C20H20ClN5O. The van der Waals surface area contributed by atoms with E-state index in [-0.39, 0.29) is 5.88 Å². The van der Waals surface area contributed by atoms with Gasteiger partial charge in [-0.1, -0.05) is 18.2 Å². The van der Waals surface area contributed by atoms with Crippen LogP contribution in [0.15, 0.2) is 36.4 Å². The molecule has 138 valence electrons. The van der Waals surface area contributed by atoms with Crippen LogP contribution in [-0.4, -0.2) is 26.7 Å². The monoisotopic (exact) mass is 381 g/mol. The molecule has 27 heavy (non-hydrogen) atoms. The number of para-hydroxylation sites is 1. The molecule has 2 aromatic carbocycles. The van der Waals surface area contributed by atoms with Gasteiger partial charge in [0.2, 0.25) is 5.95 Å². The number of nitrogens with one attached hydrogen (secondary N) is 1. The van der Waals surface area contributed by atoms with Crippen LogP contribution in [0.25, 0.3) is 16.6 Å². The Kier molecular flexibility index (Phi) is 4.58. The number of alkyl halides is 1. The Balaban J connectivity index is 1.78. The molecule has 7 heteroatoms. The summed E-state index contributed by atoms with van der Waals surface area (Å²) in [5.74, 6) is 2.33. The lowest BCUT2D eigenvalue weighted by Crippen LogP contribution is -2.09. The molecular weight excluding hydrogens is 362 g/mol. The lowest BCUT2D eigenvalue weighted by atomic mass is 10.1. The van der Waals surface area contributed by atoms with Crippen molar-refractivity contribution >= 4 is 34.1 Å². The molecule has 0 fully saturated rings.